The monoisotopic (exact) mass is 191 g/mol. The minimum absolute atomic E-state index is 0.576. The highest BCUT2D eigenvalue weighted by molar-refractivity contribution is 5.46. The maximum absolute atomic E-state index is 3.52. The SMILES string of the molecule is CCCC(C)Nc1cccc(CC)c1. The summed E-state index contributed by atoms with van der Waals surface area (Å²) in [4.78, 5) is 0. The van der Waals surface area contributed by atoms with Crippen molar-refractivity contribution in [2.75, 3.05) is 5.32 Å². The van der Waals surface area contributed by atoms with Crippen LogP contribution in [0.3, 0.4) is 0 Å². The molecule has 0 saturated carbocycles. The summed E-state index contributed by atoms with van der Waals surface area (Å²) in [6, 6.07) is 9.26. The van der Waals surface area contributed by atoms with E-state index in [0.717, 1.165) is 6.42 Å². The molecule has 0 saturated heterocycles. The van der Waals surface area contributed by atoms with Gasteiger partial charge in [0.05, 0.1) is 0 Å². The lowest BCUT2D eigenvalue weighted by atomic mass is 10.1. The summed E-state index contributed by atoms with van der Waals surface area (Å²) in [6.45, 7) is 6.65. The third-order valence-electron chi connectivity index (χ3n) is 2.47. The molecule has 14 heavy (non-hydrogen) atoms. The predicted molar refractivity (Wildman–Crippen MR) is 63.8 cm³/mol. The highest BCUT2D eigenvalue weighted by Crippen LogP contribution is 2.13. The molecule has 1 nitrogen and oxygen atoms in total. The molecule has 1 heteroatoms. The molecule has 1 N–H and O–H groups in total. The first-order valence-corrected chi connectivity index (χ1v) is 5.61. The summed E-state index contributed by atoms with van der Waals surface area (Å²) in [6.07, 6.45) is 3.58. The minimum atomic E-state index is 0.576. The van der Waals surface area contributed by atoms with Gasteiger partial charge in [-0.15, -0.1) is 0 Å². The van der Waals surface area contributed by atoms with Gasteiger partial charge in [0, 0.05) is 11.7 Å². The molecule has 78 valence electrons. The van der Waals surface area contributed by atoms with Gasteiger partial charge < -0.3 is 5.32 Å². The van der Waals surface area contributed by atoms with Crippen LogP contribution in [0.25, 0.3) is 0 Å². The highest BCUT2D eigenvalue weighted by Gasteiger charge is 2.00. The van der Waals surface area contributed by atoms with Crippen molar-refractivity contribution in [3.05, 3.63) is 29.8 Å². The molecule has 1 atom stereocenters. The van der Waals surface area contributed by atoms with Gasteiger partial charge in [-0.05, 0) is 37.5 Å². The minimum Gasteiger partial charge on any atom is -0.383 e. The van der Waals surface area contributed by atoms with E-state index in [1.54, 1.807) is 0 Å². The Morgan fingerprint density at radius 2 is 2.07 bits per heavy atom. The topological polar surface area (TPSA) is 12.0 Å². The third-order valence-corrected chi connectivity index (χ3v) is 2.47. The van der Waals surface area contributed by atoms with Crippen molar-refractivity contribution >= 4 is 5.69 Å². The van der Waals surface area contributed by atoms with Crippen molar-refractivity contribution < 1.29 is 0 Å². The van der Waals surface area contributed by atoms with Gasteiger partial charge in [0.25, 0.3) is 0 Å². The number of rotatable bonds is 5. The summed E-state index contributed by atoms with van der Waals surface area (Å²) in [5, 5.41) is 3.52. The normalized spacial score (nSPS) is 12.5. The van der Waals surface area contributed by atoms with Crippen LogP contribution in [-0.4, -0.2) is 6.04 Å². The van der Waals surface area contributed by atoms with E-state index < -0.39 is 0 Å². The smallest absolute Gasteiger partial charge is 0.0344 e. The molecule has 1 aromatic rings. The molecule has 0 aromatic heterocycles. The Morgan fingerprint density at radius 3 is 2.71 bits per heavy atom. The number of benzene rings is 1. The lowest BCUT2D eigenvalue weighted by molar-refractivity contribution is 0.690. The number of aryl methyl sites for hydroxylation is 1. The van der Waals surface area contributed by atoms with E-state index in [4.69, 9.17) is 0 Å². The molecule has 0 radical (unpaired) electrons. The summed E-state index contributed by atoms with van der Waals surface area (Å²) < 4.78 is 0. The van der Waals surface area contributed by atoms with Crippen LogP contribution in [0.2, 0.25) is 0 Å². The second-order valence-electron chi connectivity index (χ2n) is 3.89. The Bertz CT molecular complexity index is 268. The summed E-state index contributed by atoms with van der Waals surface area (Å²) in [5.41, 5.74) is 2.66. The lowest BCUT2D eigenvalue weighted by Crippen LogP contribution is -2.14. The zero-order valence-corrected chi connectivity index (χ0v) is 9.51. The summed E-state index contributed by atoms with van der Waals surface area (Å²) in [5.74, 6) is 0. The molecular weight excluding hydrogens is 170 g/mol. The van der Waals surface area contributed by atoms with E-state index in [-0.39, 0.29) is 0 Å². The van der Waals surface area contributed by atoms with Crippen molar-refractivity contribution in [3.63, 3.8) is 0 Å². The lowest BCUT2D eigenvalue weighted by Gasteiger charge is -2.14. The average Bonchev–Trinajstić information content (AvgIpc) is 2.18. The third kappa shape index (κ3) is 3.41. The molecule has 0 spiro atoms. The molecule has 1 unspecified atom stereocenters. The quantitative estimate of drug-likeness (QED) is 0.745. The van der Waals surface area contributed by atoms with Gasteiger partial charge in [0.1, 0.15) is 0 Å². The fourth-order valence-electron chi connectivity index (χ4n) is 1.67. The molecule has 1 aromatic carbocycles. The number of anilines is 1. The van der Waals surface area contributed by atoms with Gasteiger partial charge in [0.15, 0.2) is 0 Å². The second kappa shape index (κ2) is 5.69. The van der Waals surface area contributed by atoms with Crippen LogP contribution in [0.4, 0.5) is 5.69 Å². The van der Waals surface area contributed by atoms with Crippen LogP contribution >= 0.6 is 0 Å². The van der Waals surface area contributed by atoms with Gasteiger partial charge in [-0.25, -0.2) is 0 Å². The number of hydrogen-bond acceptors (Lipinski definition) is 1. The van der Waals surface area contributed by atoms with Crippen molar-refractivity contribution in [2.45, 2.75) is 46.1 Å². The molecule has 0 amide bonds. The fourth-order valence-corrected chi connectivity index (χ4v) is 1.67. The fraction of sp³-hybridized carbons (Fsp3) is 0.538. The predicted octanol–water partition coefficient (Wildman–Crippen LogP) is 3.85. The van der Waals surface area contributed by atoms with Crippen molar-refractivity contribution in [1.29, 1.82) is 0 Å². The zero-order valence-electron chi connectivity index (χ0n) is 9.51. The van der Waals surface area contributed by atoms with Gasteiger partial charge in [0.2, 0.25) is 0 Å². The second-order valence-corrected chi connectivity index (χ2v) is 3.89. The standard InChI is InChI=1S/C13H21N/c1-4-7-11(3)14-13-9-6-8-12(5-2)10-13/h6,8-11,14H,4-5,7H2,1-3H3. The number of nitrogens with one attached hydrogen (secondary N) is 1. The van der Waals surface area contributed by atoms with Crippen LogP contribution in [-0.2, 0) is 6.42 Å². The maximum Gasteiger partial charge on any atom is 0.0344 e. The van der Waals surface area contributed by atoms with Gasteiger partial charge >= 0.3 is 0 Å². The maximum atomic E-state index is 3.52. The first-order chi connectivity index (χ1) is 6.76. The van der Waals surface area contributed by atoms with E-state index in [1.165, 1.54) is 24.1 Å². The van der Waals surface area contributed by atoms with Crippen LogP contribution < -0.4 is 5.32 Å². The Morgan fingerprint density at radius 1 is 1.29 bits per heavy atom. The van der Waals surface area contributed by atoms with E-state index in [2.05, 4.69) is 50.4 Å². The zero-order chi connectivity index (χ0) is 10.4. The Kier molecular flexibility index (Phi) is 4.51. The highest BCUT2D eigenvalue weighted by atomic mass is 14.9. The Hall–Kier alpha value is -0.980. The van der Waals surface area contributed by atoms with Gasteiger partial charge in [-0.3, -0.25) is 0 Å². The van der Waals surface area contributed by atoms with E-state index in [1.807, 2.05) is 0 Å². The summed E-state index contributed by atoms with van der Waals surface area (Å²) in [7, 11) is 0. The average molecular weight is 191 g/mol. The first kappa shape index (κ1) is 11.1. The van der Waals surface area contributed by atoms with Crippen molar-refractivity contribution in [1.82, 2.24) is 0 Å². The summed E-state index contributed by atoms with van der Waals surface area (Å²) >= 11 is 0. The van der Waals surface area contributed by atoms with E-state index >= 15 is 0 Å². The Balaban J connectivity index is 2.57. The van der Waals surface area contributed by atoms with E-state index in [9.17, 15) is 0 Å². The van der Waals surface area contributed by atoms with Crippen LogP contribution in [0.15, 0.2) is 24.3 Å². The first-order valence-electron chi connectivity index (χ1n) is 5.61. The van der Waals surface area contributed by atoms with Crippen LogP contribution in [0.5, 0.6) is 0 Å². The van der Waals surface area contributed by atoms with Crippen LogP contribution in [0, 0.1) is 0 Å². The van der Waals surface area contributed by atoms with Gasteiger partial charge in [-0.1, -0.05) is 32.4 Å². The molecule has 0 aliphatic carbocycles. The largest absolute Gasteiger partial charge is 0.383 e. The molecular formula is C13H21N. The Labute approximate surface area is 87.5 Å². The molecule has 0 aliphatic rings. The van der Waals surface area contributed by atoms with Gasteiger partial charge in [-0.2, -0.15) is 0 Å². The van der Waals surface area contributed by atoms with E-state index in [0.29, 0.717) is 6.04 Å². The van der Waals surface area contributed by atoms with Crippen LogP contribution in [0.1, 0.15) is 39.2 Å². The molecule has 1 rings (SSSR count). The number of hydrogen-bond donors (Lipinski definition) is 1. The molecule has 0 bridgehead atoms. The molecule has 0 heterocycles. The molecule has 0 aliphatic heterocycles. The van der Waals surface area contributed by atoms with Crippen molar-refractivity contribution in [2.24, 2.45) is 0 Å². The van der Waals surface area contributed by atoms with Crippen molar-refractivity contribution in [3.8, 4) is 0 Å². The molecule has 0 fully saturated rings.